The number of nitrogens with one attached hydrogen (secondary N) is 1. The fourth-order valence-electron chi connectivity index (χ4n) is 4.07. The minimum absolute atomic E-state index is 0.472. The summed E-state index contributed by atoms with van der Waals surface area (Å²) < 4.78 is 2.16. The lowest BCUT2D eigenvalue weighted by molar-refractivity contribution is 0.865. The summed E-state index contributed by atoms with van der Waals surface area (Å²) in [5.41, 5.74) is 9.15. The number of hydrogen-bond donors (Lipinski definition) is 1. The van der Waals surface area contributed by atoms with Gasteiger partial charge in [0.15, 0.2) is 5.13 Å². The molecule has 3 aromatic carbocycles. The Morgan fingerprint density at radius 3 is 2.53 bits per heavy atom. The highest BCUT2D eigenvalue weighted by molar-refractivity contribution is 7.14. The van der Waals surface area contributed by atoms with Gasteiger partial charge in [0.2, 0.25) is 0 Å². The molecule has 0 aliphatic rings. The van der Waals surface area contributed by atoms with Crippen LogP contribution in [0.2, 0.25) is 0 Å². The van der Waals surface area contributed by atoms with E-state index in [2.05, 4.69) is 80.2 Å². The maximum absolute atomic E-state index is 9.01. The molecule has 0 amide bonds. The summed E-state index contributed by atoms with van der Waals surface area (Å²) in [6.07, 6.45) is 0. The van der Waals surface area contributed by atoms with Gasteiger partial charge in [-0.3, -0.25) is 0 Å². The van der Waals surface area contributed by atoms with Gasteiger partial charge >= 0.3 is 0 Å². The molecule has 0 fully saturated rings. The quantitative estimate of drug-likeness (QED) is 0.295. The number of hydrogen-bond acceptors (Lipinski definition) is 5. The number of anilines is 2. The standard InChI is InChI=1S/C28H25N5S/c1-17(2)21-6-5-7-22(13-21)27-30-24-14-23(18(3)12-26(24)33(27)4)31-28-32-25(16-34-28)20-10-8-19(15-29)9-11-20/h5-14,16-17H,1-4H3,(H,31,32). The first-order valence-corrected chi connectivity index (χ1v) is 12.1. The maximum Gasteiger partial charge on any atom is 0.187 e. The first-order valence-electron chi connectivity index (χ1n) is 11.2. The fourth-order valence-corrected chi connectivity index (χ4v) is 4.80. The average molecular weight is 464 g/mol. The van der Waals surface area contributed by atoms with Crippen LogP contribution in [0.1, 0.15) is 36.5 Å². The summed E-state index contributed by atoms with van der Waals surface area (Å²) in [6.45, 7) is 6.52. The average Bonchev–Trinajstić information content (AvgIpc) is 3.44. The van der Waals surface area contributed by atoms with Crippen LogP contribution < -0.4 is 5.32 Å². The second-order valence-corrected chi connectivity index (χ2v) is 9.64. The van der Waals surface area contributed by atoms with E-state index in [1.54, 1.807) is 11.3 Å². The predicted octanol–water partition coefficient (Wildman–Crippen LogP) is 7.41. The van der Waals surface area contributed by atoms with E-state index in [0.717, 1.165) is 50.1 Å². The van der Waals surface area contributed by atoms with E-state index in [-0.39, 0.29) is 0 Å². The summed E-state index contributed by atoms with van der Waals surface area (Å²) in [5.74, 6) is 1.44. The molecule has 5 aromatic rings. The summed E-state index contributed by atoms with van der Waals surface area (Å²) in [4.78, 5) is 9.72. The zero-order valence-corrected chi connectivity index (χ0v) is 20.4. The lowest BCUT2D eigenvalue weighted by atomic mass is 10.0. The second-order valence-electron chi connectivity index (χ2n) is 8.78. The SMILES string of the molecule is Cc1cc2c(cc1Nc1nc(-c3ccc(C#N)cc3)cs1)nc(-c1cccc(C(C)C)c1)n2C. The van der Waals surface area contributed by atoms with Crippen LogP contribution in [0.15, 0.2) is 66.0 Å². The molecule has 0 unspecified atom stereocenters. The second kappa shape index (κ2) is 8.77. The van der Waals surface area contributed by atoms with Crippen LogP contribution in [0.25, 0.3) is 33.7 Å². The van der Waals surface area contributed by atoms with Gasteiger partial charge in [0.1, 0.15) is 5.82 Å². The molecule has 0 saturated carbocycles. The van der Waals surface area contributed by atoms with Crippen molar-refractivity contribution in [3.05, 3.63) is 82.7 Å². The Hall–Kier alpha value is -3.95. The van der Waals surface area contributed by atoms with E-state index in [0.29, 0.717) is 11.5 Å². The Bertz CT molecular complexity index is 1530. The van der Waals surface area contributed by atoms with Gasteiger partial charge in [0, 0.05) is 29.2 Å². The highest BCUT2D eigenvalue weighted by Crippen LogP contribution is 2.32. The largest absolute Gasteiger partial charge is 0.331 e. The third-order valence-corrected chi connectivity index (χ3v) is 6.85. The van der Waals surface area contributed by atoms with Gasteiger partial charge in [0.05, 0.1) is 28.4 Å². The van der Waals surface area contributed by atoms with E-state index >= 15 is 0 Å². The van der Waals surface area contributed by atoms with Gasteiger partial charge < -0.3 is 9.88 Å². The highest BCUT2D eigenvalue weighted by atomic mass is 32.1. The molecule has 5 rings (SSSR count). The van der Waals surface area contributed by atoms with Crippen LogP contribution in [-0.2, 0) is 7.05 Å². The fraction of sp³-hybridized carbons (Fsp3) is 0.179. The number of nitriles is 1. The molecule has 2 aromatic heterocycles. The van der Waals surface area contributed by atoms with Gasteiger partial charge in [-0.2, -0.15) is 5.26 Å². The monoisotopic (exact) mass is 463 g/mol. The van der Waals surface area contributed by atoms with Crippen molar-refractivity contribution in [2.75, 3.05) is 5.32 Å². The van der Waals surface area contributed by atoms with Gasteiger partial charge in [0.25, 0.3) is 0 Å². The Balaban J connectivity index is 1.46. The van der Waals surface area contributed by atoms with E-state index in [1.165, 1.54) is 5.56 Å². The van der Waals surface area contributed by atoms with Gasteiger partial charge in [-0.15, -0.1) is 11.3 Å². The molecule has 2 heterocycles. The summed E-state index contributed by atoms with van der Waals surface area (Å²) in [6, 6.07) is 22.6. The van der Waals surface area contributed by atoms with E-state index in [4.69, 9.17) is 15.2 Å². The third-order valence-electron chi connectivity index (χ3n) is 6.09. The summed E-state index contributed by atoms with van der Waals surface area (Å²) >= 11 is 1.56. The van der Waals surface area contributed by atoms with E-state index in [1.807, 2.05) is 29.6 Å². The van der Waals surface area contributed by atoms with Crippen LogP contribution in [0.3, 0.4) is 0 Å². The number of fused-ring (bicyclic) bond motifs is 1. The topological polar surface area (TPSA) is 66.5 Å². The van der Waals surface area contributed by atoms with Crippen molar-refractivity contribution in [3.8, 4) is 28.7 Å². The summed E-state index contributed by atoms with van der Waals surface area (Å²) in [7, 11) is 2.07. The van der Waals surface area contributed by atoms with Crippen LogP contribution in [0.4, 0.5) is 10.8 Å². The number of aromatic nitrogens is 3. The maximum atomic E-state index is 9.01. The van der Waals surface area contributed by atoms with Crippen LogP contribution in [0, 0.1) is 18.3 Å². The molecular weight excluding hydrogens is 438 g/mol. The van der Waals surface area contributed by atoms with Crippen molar-refractivity contribution < 1.29 is 0 Å². The van der Waals surface area contributed by atoms with E-state index < -0.39 is 0 Å². The van der Waals surface area contributed by atoms with E-state index in [9.17, 15) is 0 Å². The number of imidazole rings is 1. The number of nitrogens with zero attached hydrogens (tertiary/aromatic N) is 4. The number of benzene rings is 3. The highest BCUT2D eigenvalue weighted by Gasteiger charge is 2.14. The molecule has 6 heteroatoms. The Labute approximate surface area is 203 Å². The zero-order valence-electron chi connectivity index (χ0n) is 19.6. The van der Waals surface area contributed by atoms with Gasteiger partial charge in [-0.1, -0.05) is 44.2 Å². The van der Waals surface area contributed by atoms with Gasteiger partial charge in [-0.25, -0.2) is 9.97 Å². The van der Waals surface area contributed by atoms with Crippen LogP contribution in [0.5, 0.6) is 0 Å². The van der Waals surface area contributed by atoms with Crippen molar-refractivity contribution in [1.82, 2.24) is 14.5 Å². The number of aryl methyl sites for hydroxylation is 2. The molecule has 0 saturated heterocycles. The molecule has 1 N–H and O–H groups in total. The molecule has 0 aliphatic carbocycles. The smallest absolute Gasteiger partial charge is 0.187 e. The first-order chi connectivity index (χ1) is 16.4. The van der Waals surface area contributed by atoms with Crippen LogP contribution >= 0.6 is 11.3 Å². The minimum Gasteiger partial charge on any atom is -0.331 e. The van der Waals surface area contributed by atoms with Crippen molar-refractivity contribution in [1.29, 1.82) is 5.26 Å². The Morgan fingerprint density at radius 2 is 1.79 bits per heavy atom. The normalized spacial score (nSPS) is 11.2. The zero-order chi connectivity index (χ0) is 23.8. The van der Waals surface area contributed by atoms with Gasteiger partial charge in [-0.05, 0) is 54.3 Å². The summed E-state index contributed by atoms with van der Waals surface area (Å²) in [5, 5.41) is 15.3. The van der Waals surface area contributed by atoms with Crippen LogP contribution in [-0.4, -0.2) is 14.5 Å². The molecule has 0 bridgehead atoms. The Morgan fingerprint density at radius 1 is 1.00 bits per heavy atom. The molecule has 0 aliphatic heterocycles. The predicted molar refractivity (Wildman–Crippen MR) is 141 cm³/mol. The minimum atomic E-state index is 0.472. The molecule has 0 atom stereocenters. The molecular formula is C28H25N5S. The molecule has 0 radical (unpaired) electrons. The number of rotatable bonds is 5. The molecule has 5 nitrogen and oxygen atoms in total. The number of thiazole rings is 1. The lowest BCUT2D eigenvalue weighted by Crippen LogP contribution is -1.95. The first kappa shape index (κ1) is 21.9. The van der Waals surface area contributed by atoms with Crippen molar-refractivity contribution in [2.24, 2.45) is 7.05 Å². The third kappa shape index (κ3) is 4.07. The Kier molecular flexibility index (Phi) is 5.64. The van der Waals surface area contributed by atoms with Crippen molar-refractivity contribution in [2.45, 2.75) is 26.7 Å². The van der Waals surface area contributed by atoms with Crippen molar-refractivity contribution in [3.63, 3.8) is 0 Å². The van der Waals surface area contributed by atoms with Crippen molar-refractivity contribution >= 4 is 33.2 Å². The molecule has 168 valence electrons. The molecule has 0 spiro atoms. The molecule has 34 heavy (non-hydrogen) atoms. The lowest BCUT2D eigenvalue weighted by Gasteiger charge is -2.09.